The molecule has 1 amide bonds. The molecule has 0 aliphatic rings. The topological polar surface area (TPSA) is 75.6 Å². The molecule has 1 atom stereocenters. The molecule has 1 aromatic carbocycles. The van der Waals surface area contributed by atoms with Crippen LogP contribution >= 0.6 is 15.9 Å². The van der Waals surface area contributed by atoms with E-state index in [1.807, 2.05) is 0 Å². The summed E-state index contributed by atoms with van der Waals surface area (Å²) in [6.45, 7) is 0.262. The van der Waals surface area contributed by atoms with E-state index in [-0.39, 0.29) is 18.9 Å². The van der Waals surface area contributed by atoms with Gasteiger partial charge in [0.2, 0.25) is 5.91 Å². The summed E-state index contributed by atoms with van der Waals surface area (Å²) in [5.74, 6) is -1.45. The molecule has 98 valence electrons. The van der Waals surface area contributed by atoms with Crippen LogP contribution in [0.4, 0.5) is 0 Å². The molecule has 1 aromatic rings. The Morgan fingerprint density at radius 3 is 2.50 bits per heavy atom. The van der Waals surface area contributed by atoms with Crippen LogP contribution in [-0.2, 0) is 14.3 Å². The average molecular weight is 316 g/mol. The summed E-state index contributed by atoms with van der Waals surface area (Å²) in [6.07, 6.45) is 0.136. The Morgan fingerprint density at radius 2 is 2.00 bits per heavy atom. The summed E-state index contributed by atoms with van der Waals surface area (Å²) in [5, 5.41) is 11.6. The van der Waals surface area contributed by atoms with Crippen molar-refractivity contribution in [1.82, 2.24) is 5.32 Å². The van der Waals surface area contributed by atoms with Crippen molar-refractivity contribution < 1.29 is 19.4 Å². The average Bonchev–Trinajstić information content (AvgIpc) is 2.34. The maximum absolute atomic E-state index is 11.5. The van der Waals surface area contributed by atoms with E-state index in [1.165, 1.54) is 7.11 Å². The standard InChI is InChI=1S/C12H14BrNO4/c1-18-7-6-10(15)14-11(12(16)17)8-2-4-9(13)5-3-8/h2-5,11H,6-7H2,1H3,(H,14,15)(H,16,17). The zero-order valence-corrected chi connectivity index (χ0v) is 11.4. The van der Waals surface area contributed by atoms with Crippen molar-refractivity contribution in [3.05, 3.63) is 34.3 Å². The summed E-state index contributed by atoms with van der Waals surface area (Å²) >= 11 is 3.27. The molecule has 1 unspecified atom stereocenters. The van der Waals surface area contributed by atoms with Gasteiger partial charge in [-0.25, -0.2) is 4.79 Å². The number of rotatable bonds is 6. The maximum atomic E-state index is 11.5. The molecule has 0 aliphatic heterocycles. The molecule has 0 bridgehead atoms. The predicted octanol–water partition coefficient (Wildman–Crippen LogP) is 1.73. The minimum Gasteiger partial charge on any atom is -0.479 e. The van der Waals surface area contributed by atoms with Gasteiger partial charge in [0, 0.05) is 18.0 Å². The lowest BCUT2D eigenvalue weighted by molar-refractivity contribution is -0.142. The van der Waals surface area contributed by atoms with E-state index in [0.29, 0.717) is 5.56 Å². The number of carbonyl (C=O) groups is 2. The first kappa shape index (κ1) is 14.7. The number of carbonyl (C=O) groups excluding carboxylic acids is 1. The van der Waals surface area contributed by atoms with Gasteiger partial charge in [-0.1, -0.05) is 28.1 Å². The summed E-state index contributed by atoms with van der Waals surface area (Å²) in [7, 11) is 1.48. The monoisotopic (exact) mass is 315 g/mol. The zero-order valence-electron chi connectivity index (χ0n) is 9.85. The minimum absolute atomic E-state index is 0.136. The van der Waals surface area contributed by atoms with E-state index < -0.39 is 12.0 Å². The Hall–Kier alpha value is -1.40. The van der Waals surface area contributed by atoms with E-state index >= 15 is 0 Å². The molecule has 0 saturated carbocycles. The van der Waals surface area contributed by atoms with Gasteiger partial charge in [0.25, 0.3) is 0 Å². The number of amides is 1. The van der Waals surface area contributed by atoms with Crippen LogP contribution in [0.1, 0.15) is 18.0 Å². The molecule has 2 N–H and O–H groups in total. The van der Waals surface area contributed by atoms with Gasteiger partial charge in [-0.15, -0.1) is 0 Å². The summed E-state index contributed by atoms with van der Waals surface area (Å²) in [4.78, 5) is 22.6. The number of nitrogens with one attached hydrogen (secondary N) is 1. The van der Waals surface area contributed by atoms with E-state index in [2.05, 4.69) is 21.2 Å². The van der Waals surface area contributed by atoms with Crippen LogP contribution in [-0.4, -0.2) is 30.7 Å². The second-order valence-electron chi connectivity index (χ2n) is 3.63. The van der Waals surface area contributed by atoms with Crippen LogP contribution in [0.3, 0.4) is 0 Å². The SMILES string of the molecule is COCCC(=O)NC(C(=O)O)c1ccc(Br)cc1. The number of carboxylic acids is 1. The molecule has 0 aliphatic carbocycles. The fourth-order valence-corrected chi connectivity index (χ4v) is 1.64. The lowest BCUT2D eigenvalue weighted by Crippen LogP contribution is -2.34. The van der Waals surface area contributed by atoms with Gasteiger partial charge >= 0.3 is 5.97 Å². The van der Waals surface area contributed by atoms with Crippen LogP contribution in [0.15, 0.2) is 28.7 Å². The Kier molecular flexibility index (Phi) is 5.80. The quantitative estimate of drug-likeness (QED) is 0.838. The Bertz CT molecular complexity index is 419. The van der Waals surface area contributed by atoms with Crippen LogP contribution in [0.5, 0.6) is 0 Å². The van der Waals surface area contributed by atoms with Crippen molar-refractivity contribution in [2.75, 3.05) is 13.7 Å². The fourth-order valence-electron chi connectivity index (χ4n) is 1.37. The summed E-state index contributed by atoms with van der Waals surface area (Å²) in [5.41, 5.74) is 0.525. The van der Waals surface area contributed by atoms with E-state index in [1.54, 1.807) is 24.3 Å². The molecule has 0 aromatic heterocycles. The van der Waals surface area contributed by atoms with Gasteiger partial charge in [-0.05, 0) is 17.7 Å². The highest BCUT2D eigenvalue weighted by molar-refractivity contribution is 9.10. The third kappa shape index (κ3) is 4.46. The summed E-state index contributed by atoms with van der Waals surface area (Å²) in [6, 6.07) is 5.72. The molecule has 0 radical (unpaired) electrons. The number of carboxylic acid groups (broad SMARTS) is 1. The number of benzene rings is 1. The predicted molar refractivity (Wildman–Crippen MR) is 69.2 cm³/mol. The lowest BCUT2D eigenvalue weighted by atomic mass is 10.1. The van der Waals surface area contributed by atoms with Gasteiger partial charge in [-0.3, -0.25) is 4.79 Å². The number of hydrogen-bond acceptors (Lipinski definition) is 3. The van der Waals surface area contributed by atoms with Gasteiger partial charge in [-0.2, -0.15) is 0 Å². The van der Waals surface area contributed by atoms with E-state index in [4.69, 9.17) is 9.84 Å². The molecule has 0 heterocycles. The number of methoxy groups -OCH3 is 1. The van der Waals surface area contributed by atoms with Gasteiger partial charge in [0.1, 0.15) is 0 Å². The lowest BCUT2D eigenvalue weighted by Gasteiger charge is -2.14. The van der Waals surface area contributed by atoms with Crippen molar-refractivity contribution >= 4 is 27.8 Å². The Balaban J connectivity index is 2.74. The number of halogens is 1. The molecule has 18 heavy (non-hydrogen) atoms. The van der Waals surface area contributed by atoms with Crippen LogP contribution < -0.4 is 5.32 Å². The highest BCUT2D eigenvalue weighted by Crippen LogP contribution is 2.17. The first-order valence-electron chi connectivity index (χ1n) is 5.31. The van der Waals surface area contributed by atoms with Crippen LogP contribution in [0.2, 0.25) is 0 Å². The second kappa shape index (κ2) is 7.13. The number of hydrogen-bond donors (Lipinski definition) is 2. The molecule has 0 saturated heterocycles. The van der Waals surface area contributed by atoms with Crippen molar-refractivity contribution in [2.24, 2.45) is 0 Å². The summed E-state index contributed by atoms with van der Waals surface area (Å²) < 4.78 is 5.61. The first-order chi connectivity index (χ1) is 8.54. The molecule has 6 heteroatoms. The Labute approximate surface area is 113 Å². The molecular weight excluding hydrogens is 302 g/mol. The van der Waals surface area contributed by atoms with Crippen LogP contribution in [0.25, 0.3) is 0 Å². The largest absolute Gasteiger partial charge is 0.479 e. The van der Waals surface area contributed by atoms with Gasteiger partial charge in [0.15, 0.2) is 6.04 Å². The Morgan fingerprint density at radius 1 is 1.39 bits per heavy atom. The second-order valence-corrected chi connectivity index (χ2v) is 4.55. The maximum Gasteiger partial charge on any atom is 0.330 e. The fraction of sp³-hybridized carbons (Fsp3) is 0.333. The minimum atomic E-state index is -1.09. The van der Waals surface area contributed by atoms with Crippen molar-refractivity contribution in [1.29, 1.82) is 0 Å². The number of aliphatic carboxylic acids is 1. The highest BCUT2D eigenvalue weighted by atomic mass is 79.9. The molecule has 5 nitrogen and oxygen atoms in total. The third-order valence-corrected chi connectivity index (χ3v) is 2.82. The van der Waals surface area contributed by atoms with Crippen LogP contribution in [0, 0.1) is 0 Å². The van der Waals surface area contributed by atoms with Gasteiger partial charge < -0.3 is 15.2 Å². The van der Waals surface area contributed by atoms with E-state index in [0.717, 1.165) is 4.47 Å². The highest BCUT2D eigenvalue weighted by Gasteiger charge is 2.21. The van der Waals surface area contributed by atoms with E-state index in [9.17, 15) is 9.59 Å². The third-order valence-electron chi connectivity index (χ3n) is 2.29. The number of ether oxygens (including phenoxy) is 1. The van der Waals surface area contributed by atoms with Crippen molar-refractivity contribution in [3.63, 3.8) is 0 Å². The molecule has 0 spiro atoms. The molecule has 1 rings (SSSR count). The molecular formula is C12H14BrNO4. The molecule has 0 fully saturated rings. The normalized spacial score (nSPS) is 11.9. The van der Waals surface area contributed by atoms with Gasteiger partial charge in [0.05, 0.1) is 6.61 Å². The zero-order chi connectivity index (χ0) is 13.5. The first-order valence-corrected chi connectivity index (χ1v) is 6.10. The van der Waals surface area contributed by atoms with Crippen molar-refractivity contribution in [3.8, 4) is 0 Å². The smallest absolute Gasteiger partial charge is 0.330 e. The van der Waals surface area contributed by atoms with Crippen molar-refractivity contribution in [2.45, 2.75) is 12.5 Å².